The van der Waals surface area contributed by atoms with Crippen molar-refractivity contribution in [3.05, 3.63) is 66.9 Å². The second-order valence-electron chi connectivity index (χ2n) is 4.08. The highest BCUT2D eigenvalue weighted by Crippen LogP contribution is 2.31. The van der Waals surface area contributed by atoms with E-state index in [9.17, 15) is 0 Å². The molecule has 0 fully saturated rings. The summed E-state index contributed by atoms with van der Waals surface area (Å²) >= 11 is 0. The third-order valence-electron chi connectivity index (χ3n) is 2.74. The molecular formula is C17H17N3. The van der Waals surface area contributed by atoms with Crippen molar-refractivity contribution < 1.29 is 0 Å². The molecule has 1 heterocycles. The van der Waals surface area contributed by atoms with Crippen LogP contribution in [0, 0.1) is 0 Å². The lowest BCUT2D eigenvalue weighted by Crippen LogP contribution is -1.90. The van der Waals surface area contributed by atoms with E-state index in [0.717, 1.165) is 17.2 Å². The van der Waals surface area contributed by atoms with Crippen LogP contribution in [0.25, 0.3) is 5.69 Å². The van der Waals surface area contributed by atoms with Crippen LogP contribution < -0.4 is 0 Å². The molecule has 0 unspecified atom stereocenters. The molecule has 0 N–H and O–H groups in total. The average molecular weight is 263 g/mol. The quantitative estimate of drug-likeness (QED) is 0.555. The molecule has 0 spiro atoms. The summed E-state index contributed by atoms with van der Waals surface area (Å²) < 4.78 is 1.99. The monoisotopic (exact) mass is 263 g/mol. The molecule has 100 valence electrons. The number of aromatic nitrogens is 1. The number of allylic oxidation sites excluding steroid dienone is 4. The minimum atomic E-state index is 0.768. The van der Waals surface area contributed by atoms with Crippen LogP contribution in [-0.4, -0.2) is 17.5 Å². The highest BCUT2D eigenvalue weighted by molar-refractivity contribution is 5.78. The maximum atomic E-state index is 4.47. The number of rotatable bonds is 5. The van der Waals surface area contributed by atoms with Gasteiger partial charge in [0.1, 0.15) is 5.69 Å². The van der Waals surface area contributed by atoms with Crippen molar-refractivity contribution in [2.45, 2.75) is 6.92 Å². The van der Waals surface area contributed by atoms with Crippen molar-refractivity contribution in [3.63, 3.8) is 0 Å². The summed E-state index contributed by atoms with van der Waals surface area (Å²) in [6.45, 7) is 5.56. The Labute approximate surface area is 119 Å². The molecule has 0 aliphatic carbocycles. The van der Waals surface area contributed by atoms with Crippen LogP contribution in [0.4, 0.5) is 11.5 Å². The fourth-order valence-corrected chi connectivity index (χ4v) is 1.80. The Balaban J connectivity index is 2.35. The van der Waals surface area contributed by atoms with Crippen molar-refractivity contribution in [2.24, 2.45) is 9.98 Å². The third-order valence-corrected chi connectivity index (χ3v) is 2.74. The van der Waals surface area contributed by atoms with Gasteiger partial charge in [-0.2, -0.15) is 0 Å². The minimum Gasteiger partial charge on any atom is -0.300 e. The molecule has 1 aromatic heterocycles. The van der Waals surface area contributed by atoms with Crippen LogP contribution >= 0.6 is 0 Å². The largest absolute Gasteiger partial charge is 0.300 e. The number of aliphatic imine (C=N–C) groups is 2. The smallest absolute Gasteiger partial charge is 0.163 e. The van der Waals surface area contributed by atoms with Crippen molar-refractivity contribution in [1.29, 1.82) is 0 Å². The molecule has 1 aromatic carbocycles. The first-order valence-electron chi connectivity index (χ1n) is 6.42. The Kier molecular flexibility index (Phi) is 4.84. The Morgan fingerprint density at radius 3 is 2.55 bits per heavy atom. The first kappa shape index (κ1) is 13.7. The van der Waals surface area contributed by atoms with E-state index in [-0.39, 0.29) is 0 Å². The van der Waals surface area contributed by atoms with E-state index in [0.29, 0.717) is 0 Å². The summed E-state index contributed by atoms with van der Waals surface area (Å²) in [7, 11) is 0. The Morgan fingerprint density at radius 1 is 1.05 bits per heavy atom. The first-order chi connectivity index (χ1) is 9.86. The summed E-state index contributed by atoms with van der Waals surface area (Å²) in [6, 6.07) is 11.9. The van der Waals surface area contributed by atoms with Gasteiger partial charge in [-0.3, -0.25) is 9.56 Å². The van der Waals surface area contributed by atoms with Crippen LogP contribution in [0.3, 0.4) is 0 Å². The Bertz CT molecular complexity index is 646. The van der Waals surface area contributed by atoms with Gasteiger partial charge < -0.3 is 0 Å². The second kappa shape index (κ2) is 7.04. The molecule has 20 heavy (non-hydrogen) atoms. The van der Waals surface area contributed by atoms with Gasteiger partial charge in [0.2, 0.25) is 0 Å². The maximum absolute atomic E-state index is 4.47. The highest BCUT2D eigenvalue weighted by atomic mass is 15.1. The van der Waals surface area contributed by atoms with Gasteiger partial charge in [0.05, 0.1) is 0 Å². The van der Waals surface area contributed by atoms with E-state index in [4.69, 9.17) is 0 Å². The van der Waals surface area contributed by atoms with E-state index in [1.807, 2.05) is 78.4 Å². The van der Waals surface area contributed by atoms with Crippen LogP contribution in [0.2, 0.25) is 0 Å². The van der Waals surface area contributed by atoms with Crippen LogP contribution in [0.5, 0.6) is 0 Å². The number of para-hydroxylation sites is 1. The Morgan fingerprint density at radius 2 is 1.85 bits per heavy atom. The molecule has 0 bridgehead atoms. The lowest BCUT2D eigenvalue weighted by atomic mass is 10.3. The molecule has 0 radical (unpaired) electrons. The van der Waals surface area contributed by atoms with Crippen molar-refractivity contribution in [3.8, 4) is 5.69 Å². The van der Waals surface area contributed by atoms with Gasteiger partial charge in [0.15, 0.2) is 5.82 Å². The van der Waals surface area contributed by atoms with Gasteiger partial charge in [-0.15, -0.1) is 0 Å². The average Bonchev–Trinajstić information content (AvgIpc) is 2.91. The minimum absolute atomic E-state index is 0.768. The van der Waals surface area contributed by atoms with Crippen molar-refractivity contribution in [2.75, 3.05) is 0 Å². The lowest BCUT2D eigenvalue weighted by molar-refractivity contribution is 1.07. The van der Waals surface area contributed by atoms with Gasteiger partial charge in [0, 0.05) is 18.1 Å². The molecule has 0 aliphatic heterocycles. The second-order valence-corrected chi connectivity index (χ2v) is 4.08. The number of hydrogen-bond donors (Lipinski definition) is 0. The lowest BCUT2D eigenvalue weighted by Gasteiger charge is -2.05. The molecule has 3 nitrogen and oxygen atoms in total. The van der Waals surface area contributed by atoms with E-state index >= 15 is 0 Å². The standard InChI is InChI=1S/C17H17N3/c1-3-4-5-9-13-19-17-16(18-2)12-14-20(17)15-10-7-6-8-11-15/h3-14H,2H2,1H3/b4-3+,9-5-,19-13-. The highest BCUT2D eigenvalue weighted by Gasteiger charge is 2.07. The molecular weight excluding hydrogens is 246 g/mol. The van der Waals surface area contributed by atoms with Gasteiger partial charge in [0.25, 0.3) is 0 Å². The van der Waals surface area contributed by atoms with E-state index in [1.54, 1.807) is 6.21 Å². The molecule has 0 saturated carbocycles. The van der Waals surface area contributed by atoms with Crippen LogP contribution in [0.15, 0.2) is 76.9 Å². The zero-order valence-electron chi connectivity index (χ0n) is 11.5. The summed E-state index contributed by atoms with van der Waals surface area (Å²) in [5.74, 6) is 0.774. The fourth-order valence-electron chi connectivity index (χ4n) is 1.80. The predicted molar refractivity (Wildman–Crippen MR) is 87.1 cm³/mol. The van der Waals surface area contributed by atoms with Crippen LogP contribution in [0.1, 0.15) is 6.92 Å². The molecule has 0 amide bonds. The zero-order chi connectivity index (χ0) is 14.2. The summed E-state index contributed by atoms with van der Waals surface area (Å²) in [6.07, 6.45) is 11.4. The fraction of sp³-hybridized carbons (Fsp3) is 0.0588. The van der Waals surface area contributed by atoms with Gasteiger partial charge in [-0.05, 0) is 37.9 Å². The Hall–Kier alpha value is -2.68. The normalized spacial score (nSPS) is 11.8. The van der Waals surface area contributed by atoms with E-state index in [1.165, 1.54) is 0 Å². The first-order valence-corrected chi connectivity index (χ1v) is 6.42. The third kappa shape index (κ3) is 3.20. The van der Waals surface area contributed by atoms with E-state index in [2.05, 4.69) is 16.7 Å². The van der Waals surface area contributed by atoms with Crippen molar-refractivity contribution >= 4 is 24.4 Å². The molecule has 3 heteroatoms. The topological polar surface area (TPSA) is 29.6 Å². The van der Waals surface area contributed by atoms with Crippen LogP contribution in [-0.2, 0) is 0 Å². The number of benzene rings is 1. The molecule has 2 aromatic rings. The summed E-state index contributed by atoms with van der Waals surface area (Å²) in [5.41, 5.74) is 1.82. The molecule has 2 rings (SSSR count). The molecule has 0 saturated heterocycles. The van der Waals surface area contributed by atoms with Crippen molar-refractivity contribution in [1.82, 2.24) is 4.57 Å². The zero-order valence-corrected chi connectivity index (χ0v) is 11.5. The molecule has 0 aliphatic rings. The van der Waals surface area contributed by atoms with Gasteiger partial charge >= 0.3 is 0 Å². The SMILES string of the molecule is C=Nc1ccn(-c2ccccc2)c1\N=C/C=C\C=C\C. The number of hydrogen-bond acceptors (Lipinski definition) is 2. The predicted octanol–water partition coefficient (Wildman–Crippen LogP) is 4.64. The number of nitrogens with zero attached hydrogens (tertiary/aromatic N) is 3. The molecule has 0 atom stereocenters. The van der Waals surface area contributed by atoms with Gasteiger partial charge in [-0.25, -0.2) is 4.99 Å². The maximum Gasteiger partial charge on any atom is 0.163 e. The summed E-state index contributed by atoms with van der Waals surface area (Å²) in [5, 5.41) is 0. The van der Waals surface area contributed by atoms with Gasteiger partial charge in [-0.1, -0.05) is 36.4 Å². The summed E-state index contributed by atoms with van der Waals surface area (Å²) in [4.78, 5) is 8.48. The van der Waals surface area contributed by atoms with E-state index < -0.39 is 0 Å².